The number of hydrogen-bond acceptors (Lipinski definition) is 2. The molecule has 14 heavy (non-hydrogen) atoms. The first-order valence-corrected chi connectivity index (χ1v) is 4.74. The van der Waals surface area contributed by atoms with E-state index in [0.717, 1.165) is 19.0 Å². The molecule has 0 atom stereocenters. The molecule has 82 valence electrons. The summed E-state index contributed by atoms with van der Waals surface area (Å²) in [6.07, 6.45) is 0.576. The Morgan fingerprint density at radius 3 is 2.29 bits per heavy atom. The summed E-state index contributed by atoms with van der Waals surface area (Å²) in [4.78, 5) is 8.25. The van der Waals surface area contributed by atoms with Crippen molar-refractivity contribution in [3.05, 3.63) is 0 Å². The lowest BCUT2D eigenvalue weighted by Gasteiger charge is -2.27. The van der Waals surface area contributed by atoms with E-state index in [-0.39, 0.29) is 5.84 Å². The van der Waals surface area contributed by atoms with Crippen LogP contribution < -0.4 is 5.73 Å². The molecule has 5 nitrogen and oxygen atoms in total. The number of guanidine groups is 1. The van der Waals surface area contributed by atoms with Crippen LogP contribution in [0.3, 0.4) is 0 Å². The number of hydrogen-bond donors (Lipinski definition) is 2. The molecule has 0 rings (SSSR count). The normalized spacial score (nSPS) is 11.3. The van der Waals surface area contributed by atoms with E-state index in [1.807, 2.05) is 19.0 Å². The van der Waals surface area contributed by atoms with Gasteiger partial charge in [-0.25, -0.2) is 0 Å². The fraction of sp³-hybridized carbons (Fsp3) is 0.778. The van der Waals surface area contributed by atoms with Crippen LogP contribution in [0.4, 0.5) is 0 Å². The first-order chi connectivity index (χ1) is 6.52. The number of nitrogens with two attached hydrogens (primary N) is 1. The van der Waals surface area contributed by atoms with Gasteiger partial charge in [-0.3, -0.25) is 10.4 Å². The van der Waals surface area contributed by atoms with E-state index in [1.54, 1.807) is 7.05 Å². The molecule has 0 aromatic rings. The Morgan fingerprint density at radius 2 is 1.93 bits per heavy atom. The van der Waals surface area contributed by atoms with Crippen LogP contribution in [0.5, 0.6) is 0 Å². The van der Waals surface area contributed by atoms with Crippen LogP contribution in [0.2, 0.25) is 0 Å². The quantitative estimate of drug-likeness (QED) is 0.501. The first kappa shape index (κ1) is 12.7. The van der Waals surface area contributed by atoms with E-state index in [9.17, 15) is 0 Å². The third-order valence-electron chi connectivity index (χ3n) is 2.07. The number of rotatable bonds is 4. The minimum atomic E-state index is 0.214. The van der Waals surface area contributed by atoms with Crippen molar-refractivity contribution in [2.75, 3.05) is 34.2 Å². The van der Waals surface area contributed by atoms with Gasteiger partial charge in [-0.15, -0.1) is 0 Å². The highest BCUT2D eigenvalue weighted by Crippen LogP contribution is 1.95. The summed E-state index contributed by atoms with van der Waals surface area (Å²) in [5.41, 5.74) is 5.29. The summed E-state index contributed by atoms with van der Waals surface area (Å²) in [7, 11) is 5.72. The molecule has 0 aromatic carbocycles. The zero-order valence-corrected chi connectivity index (χ0v) is 9.54. The monoisotopic (exact) mass is 199 g/mol. The van der Waals surface area contributed by atoms with Gasteiger partial charge in [0.15, 0.2) is 5.96 Å². The minimum Gasteiger partial charge on any atom is -0.388 e. The van der Waals surface area contributed by atoms with Crippen molar-refractivity contribution in [3.63, 3.8) is 0 Å². The fourth-order valence-electron chi connectivity index (χ4n) is 1.16. The van der Waals surface area contributed by atoms with Crippen molar-refractivity contribution in [3.8, 4) is 0 Å². The van der Waals surface area contributed by atoms with Crippen LogP contribution in [-0.2, 0) is 0 Å². The SMILES string of the molecule is CCN(C)C(=NC)N(C)CCC(=N)N. The standard InChI is InChI=1S/C9H21N5/c1-5-13(3)9(12-2)14(4)7-6-8(10)11/h5-7H2,1-4H3,(H3,10,11). The van der Waals surface area contributed by atoms with Gasteiger partial charge in [0.2, 0.25) is 0 Å². The Kier molecular flexibility index (Phi) is 5.67. The Bertz CT molecular complexity index is 211. The second-order valence-electron chi connectivity index (χ2n) is 3.23. The van der Waals surface area contributed by atoms with Gasteiger partial charge in [0.1, 0.15) is 0 Å². The topological polar surface area (TPSA) is 68.7 Å². The maximum Gasteiger partial charge on any atom is 0.195 e. The predicted molar refractivity (Wildman–Crippen MR) is 60.8 cm³/mol. The van der Waals surface area contributed by atoms with Crippen molar-refractivity contribution >= 4 is 11.8 Å². The first-order valence-electron chi connectivity index (χ1n) is 4.74. The molecule has 0 aliphatic carbocycles. The molecule has 3 N–H and O–H groups in total. The van der Waals surface area contributed by atoms with Crippen molar-refractivity contribution in [1.29, 1.82) is 5.41 Å². The van der Waals surface area contributed by atoms with Crippen LogP contribution in [0.15, 0.2) is 4.99 Å². The molecule has 0 saturated carbocycles. The summed E-state index contributed by atoms with van der Waals surface area (Å²) in [5.74, 6) is 1.14. The molecule has 0 fully saturated rings. The Labute approximate surface area is 86.1 Å². The molecule has 0 aliphatic heterocycles. The van der Waals surface area contributed by atoms with Crippen molar-refractivity contribution in [2.24, 2.45) is 10.7 Å². The third kappa shape index (κ3) is 4.11. The molecule has 0 aliphatic rings. The van der Waals surface area contributed by atoms with Gasteiger partial charge in [-0.2, -0.15) is 0 Å². The van der Waals surface area contributed by atoms with Gasteiger partial charge in [0.05, 0.1) is 5.84 Å². The lowest BCUT2D eigenvalue weighted by atomic mass is 10.4. The van der Waals surface area contributed by atoms with Gasteiger partial charge in [-0.05, 0) is 6.92 Å². The van der Waals surface area contributed by atoms with Gasteiger partial charge >= 0.3 is 0 Å². The fourth-order valence-corrected chi connectivity index (χ4v) is 1.16. The Morgan fingerprint density at radius 1 is 1.36 bits per heavy atom. The number of amidine groups is 1. The van der Waals surface area contributed by atoms with Crippen molar-refractivity contribution in [1.82, 2.24) is 9.80 Å². The predicted octanol–water partition coefficient (Wildman–Crippen LogP) is 0.182. The molecule has 0 bridgehead atoms. The average Bonchev–Trinajstić information content (AvgIpc) is 2.15. The zero-order valence-electron chi connectivity index (χ0n) is 9.54. The van der Waals surface area contributed by atoms with Gasteiger partial charge in [0.25, 0.3) is 0 Å². The maximum atomic E-state index is 7.14. The smallest absolute Gasteiger partial charge is 0.195 e. The average molecular weight is 199 g/mol. The lowest BCUT2D eigenvalue weighted by Crippen LogP contribution is -2.41. The lowest BCUT2D eigenvalue weighted by molar-refractivity contribution is 0.404. The highest BCUT2D eigenvalue weighted by atomic mass is 15.3. The van der Waals surface area contributed by atoms with Crippen LogP contribution in [0.1, 0.15) is 13.3 Å². The summed E-state index contributed by atoms with van der Waals surface area (Å²) >= 11 is 0. The van der Waals surface area contributed by atoms with Crippen molar-refractivity contribution < 1.29 is 0 Å². The van der Waals surface area contributed by atoms with E-state index in [0.29, 0.717) is 6.42 Å². The van der Waals surface area contributed by atoms with E-state index in [2.05, 4.69) is 16.8 Å². The molecule has 0 aromatic heterocycles. The molecular weight excluding hydrogens is 178 g/mol. The van der Waals surface area contributed by atoms with E-state index in [4.69, 9.17) is 11.1 Å². The maximum absolute atomic E-state index is 7.14. The Hall–Kier alpha value is -1.26. The second-order valence-corrected chi connectivity index (χ2v) is 3.23. The zero-order chi connectivity index (χ0) is 11.1. The van der Waals surface area contributed by atoms with Gasteiger partial charge in [-0.1, -0.05) is 0 Å². The number of nitrogens with zero attached hydrogens (tertiary/aromatic N) is 3. The highest BCUT2D eigenvalue weighted by Gasteiger charge is 2.09. The molecule has 0 unspecified atom stereocenters. The van der Waals surface area contributed by atoms with Gasteiger partial charge in [0, 0.05) is 40.7 Å². The van der Waals surface area contributed by atoms with E-state index in [1.165, 1.54) is 0 Å². The third-order valence-corrected chi connectivity index (χ3v) is 2.07. The summed E-state index contributed by atoms with van der Waals surface area (Å²) in [6.45, 7) is 3.72. The molecular formula is C9H21N5. The summed E-state index contributed by atoms with van der Waals surface area (Å²) in [5, 5.41) is 7.14. The molecule has 5 heteroatoms. The van der Waals surface area contributed by atoms with Gasteiger partial charge < -0.3 is 15.5 Å². The Balaban J connectivity index is 4.19. The molecule has 0 radical (unpaired) electrons. The van der Waals surface area contributed by atoms with Crippen LogP contribution in [0, 0.1) is 5.41 Å². The molecule has 0 amide bonds. The van der Waals surface area contributed by atoms with Crippen LogP contribution in [-0.4, -0.2) is 55.8 Å². The summed E-state index contributed by atoms with van der Waals surface area (Å²) in [6, 6.07) is 0. The minimum absolute atomic E-state index is 0.214. The number of aliphatic imine (C=N–C) groups is 1. The largest absolute Gasteiger partial charge is 0.388 e. The number of nitrogens with one attached hydrogen (secondary N) is 1. The van der Waals surface area contributed by atoms with Crippen molar-refractivity contribution in [2.45, 2.75) is 13.3 Å². The molecule has 0 saturated heterocycles. The highest BCUT2D eigenvalue weighted by molar-refractivity contribution is 5.81. The summed E-state index contributed by atoms with van der Waals surface area (Å²) < 4.78 is 0. The molecule has 0 spiro atoms. The second kappa shape index (κ2) is 6.23. The molecule has 0 heterocycles. The van der Waals surface area contributed by atoms with E-state index < -0.39 is 0 Å². The van der Waals surface area contributed by atoms with Crippen LogP contribution >= 0.6 is 0 Å². The van der Waals surface area contributed by atoms with Crippen LogP contribution in [0.25, 0.3) is 0 Å². The van der Waals surface area contributed by atoms with E-state index >= 15 is 0 Å².